The molecule has 1 amide bonds. The van der Waals surface area contributed by atoms with Crippen LogP contribution < -0.4 is 9.64 Å². The molecule has 1 saturated heterocycles. The molecule has 1 aliphatic heterocycles. The number of hydrogen-bond donors (Lipinski definition) is 0. The molecular formula is C23H24BrN3O2S2. The second-order valence-corrected chi connectivity index (χ2v) is 10.2. The third-order valence-corrected chi connectivity index (χ3v) is 7.87. The maximum Gasteiger partial charge on any atom is 0.228 e. The number of benzene rings is 2. The van der Waals surface area contributed by atoms with Crippen LogP contribution in [0.2, 0.25) is 0 Å². The number of anilines is 1. The summed E-state index contributed by atoms with van der Waals surface area (Å²) in [4.78, 5) is 21.7. The van der Waals surface area contributed by atoms with Crippen molar-refractivity contribution in [3.05, 3.63) is 69.6 Å². The lowest BCUT2D eigenvalue weighted by Gasteiger charge is -2.36. The molecule has 2 heterocycles. The predicted molar refractivity (Wildman–Crippen MR) is 131 cm³/mol. The van der Waals surface area contributed by atoms with Gasteiger partial charge in [-0.1, -0.05) is 52.0 Å². The Morgan fingerprint density at radius 3 is 2.61 bits per heavy atom. The van der Waals surface area contributed by atoms with Gasteiger partial charge in [0.15, 0.2) is 0 Å². The summed E-state index contributed by atoms with van der Waals surface area (Å²) in [6.07, 6.45) is 0.365. The van der Waals surface area contributed by atoms with E-state index in [4.69, 9.17) is 4.74 Å². The van der Waals surface area contributed by atoms with Crippen LogP contribution in [0.15, 0.2) is 62.7 Å². The number of nitrogens with zero attached hydrogens (tertiary/aromatic N) is 3. The lowest BCUT2D eigenvalue weighted by atomic mass is 10.2. The fraction of sp³-hybridized carbons (Fsp3) is 0.304. The number of amides is 1. The van der Waals surface area contributed by atoms with Crippen LogP contribution in [-0.4, -0.2) is 49.1 Å². The molecule has 8 heteroatoms. The zero-order valence-corrected chi connectivity index (χ0v) is 20.5. The van der Waals surface area contributed by atoms with Gasteiger partial charge in [-0.2, -0.15) is 0 Å². The Balaban J connectivity index is 1.27. The van der Waals surface area contributed by atoms with E-state index in [1.807, 2.05) is 28.5 Å². The molecule has 5 nitrogen and oxygen atoms in total. The van der Waals surface area contributed by atoms with E-state index < -0.39 is 0 Å². The minimum Gasteiger partial charge on any atom is -0.495 e. The number of carbonyl (C=O) groups excluding carboxylic acids is 1. The summed E-state index contributed by atoms with van der Waals surface area (Å²) in [5, 5.41) is 2.01. The summed E-state index contributed by atoms with van der Waals surface area (Å²) in [5.74, 6) is 1.89. The average molecular weight is 519 g/mol. The Morgan fingerprint density at radius 2 is 1.87 bits per heavy atom. The van der Waals surface area contributed by atoms with Gasteiger partial charge in [0.05, 0.1) is 24.9 Å². The molecule has 0 N–H and O–H groups in total. The highest BCUT2D eigenvalue weighted by molar-refractivity contribution is 9.10. The minimum absolute atomic E-state index is 0.148. The molecule has 3 aromatic rings. The first-order chi connectivity index (χ1) is 15.1. The van der Waals surface area contributed by atoms with E-state index in [-0.39, 0.29) is 5.91 Å². The highest BCUT2D eigenvalue weighted by Crippen LogP contribution is 2.29. The molecule has 0 unspecified atom stereocenters. The lowest BCUT2D eigenvalue weighted by Crippen LogP contribution is -2.49. The second-order valence-electron chi connectivity index (χ2n) is 7.24. The number of thioether (sulfide) groups is 1. The van der Waals surface area contributed by atoms with Gasteiger partial charge in [0.25, 0.3) is 0 Å². The molecular weight excluding hydrogens is 494 g/mol. The van der Waals surface area contributed by atoms with Gasteiger partial charge in [0.1, 0.15) is 10.1 Å². The molecule has 4 rings (SSSR count). The summed E-state index contributed by atoms with van der Waals surface area (Å²) in [7, 11) is 1.69. The number of thiazole rings is 1. The maximum atomic E-state index is 12.8. The number of halogens is 1. The van der Waals surface area contributed by atoms with Crippen molar-refractivity contribution >= 4 is 50.6 Å². The van der Waals surface area contributed by atoms with Crippen molar-refractivity contribution in [1.82, 2.24) is 9.88 Å². The minimum atomic E-state index is 0.148. The largest absolute Gasteiger partial charge is 0.495 e. The van der Waals surface area contributed by atoms with Crippen molar-refractivity contribution in [1.29, 1.82) is 0 Å². The molecule has 1 aliphatic rings. The summed E-state index contributed by atoms with van der Waals surface area (Å²) >= 11 is 6.79. The van der Waals surface area contributed by atoms with Crippen LogP contribution in [0.1, 0.15) is 11.3 Å². The van der Waals surface area contributed by atoms with E-state index in [1.54, 1.807) is 30.2 Å². The maximum absolute atomic E-state index is 12.8. The SMILES string of the molecule is COc1ccccc1N1CCN(C(=O)Cc2csc(SCc3ccc(Br)cc3)n2)CC1. The predicted octanol–water partition coefficient (Wildman–Crippen LogP) is 5.10. The third-order valence-electron chi connectivity index (χ3n) is 5.20. The number of ether oxygens (including phenoxy) is 1. The van der Waals surface area contributed by atoms with Gasteiger partial charge >= 0.3 is 0 Å². The van der Waals surface area contributed by atoms with Crippen molar-refractivity contribution in [2.24, 2.45) is 0 Å². The van der Waals surface area contributed by atoms with Crippen molar-refractivity contribution in [3.63, 3.8) is 0 Å². The number of methoxy groups -OCH3 is 1. The third kappa shape index (κ3) is 5.81. The fourth-order valence-electron chi connectivity index (χ4n) is 3.52. The van der Waals surface area contributed by atoms with Crippen LogP contribution in [-0.2, 0) is 17.0 Å². The molecule has 0 saturated carbocycles. The molecule has 1 aromatic heterocycles. The number of rotatable bonds is 7. The fourth-order valence-corrected chi connectivity index (χ4v) is 5.58. The van der Waals surface area contributed by atoms with E-state index in [0.29, 0.717) is 19.5 Å². The van der Waals surface area contributed by atoms with Gasteiger partial charge in [0.2, 0.25) is 5.91 Å². The number of hydrogen-bond acceptors (Lipinski definition) is 6. The number of aromatic nitrogens is 1. The average Bonchev–Trinajstić information content (AvgIpc) is 3.26. The summed E-state index contributed by atoms with van der Waals surface area (Å²) in [6.45, 7) is 3.04. The number of carbonyl (C=O) groups is 1. The quantitative estimate of drug-likeness (QED) is 0.408. The Labute approximate surface area is 199 Å². The van der Waals surface area contributed by atoms with Crippen molar-refractivity contribution in [2.75, 3.05) is 38.2 Å². The van der Waals surface area contributed by atoms with Gasteiger partial charge in [-0.3, -0.25) is 4.79 Å². The molecule has 1 fully saturated rings. The van der Waals surface area contributed by atoms with E-state index in [2.05, 4.69) is 56.1 Å². The Morgan fingerprint density at radius 1 is 1.13 bits per heavy atom. The summed E-state index contributed by atoms with van der Waals surface area (Å²) < 4.78 is 7.56. The normalized spacial score (nSPS) is 14.0. The van der Waals surface area contributed by atoms with Crippen LogP contribution in [0.25, 0.3) is 0 Å². The Hall–Kier alpha value is -2.03. The van der Waals surface area contributed by atoms with Crippen LogP contribution in [0.5, 0.6) is 5.75 Å². The van der Waals surface area contributed by atoms with Crippen LogP contribution in [0.3, 0.4) is 0 Å². The lowest BCUT2D eigenvalue weighted by molar-refractivity contribution is -0.130. The van der Waals surface area contributed by atoms with Gasteiger partial charge < -0.3 is 14.5 Å². The van der Waals surface area contributed by atoms with Gasteiger partial charge in [0, 0.05) is 41.8 Å². The molecule has 2 aromatic carbocycles. The molecule has 0 spiro atoms. The van der Waals surface area contributed by atoms with Gasteiger partial charge in [-0.05, 0) is 29.8 Å². The highest BCUT2D eigenvalue weighted by Gasteiger charge is 2.23. The standard InChI is InChI=1S/C23H24BrN3O2S2/c1-29-21-5-3-2-4-20(21)26-10-12-27(13-11-26)22(28)14-19-16-31-23(25-19)30-15-17-6-8-18(24)9-7-17/h2-9,16H,10-15H2,1H3. The number of piperazine rings is 1. The van der Waals surface area contributed by atoms with Crippen molar-refractivity contribution < 1.29 is 9.53 Å². The molecule has 0 bridgehead atoms. The number of para-hydroxylation sites is 2. The zero-order chi connectivity index (χ0) is 21.6. The van der Waals surface area contributed by atoms with Gasteiger partial charge in [-0.15, -0.1) is 11.3 Å². The van der Waals surface area contributed by atoms with Crippen molar-refractivity contribution in [2.45, 2.75) is 16.5 Å². The smallest absolute Gasteiger partial charge is 0.228 e. The molecule has 0 aliphatic carbocycles. The van der Waals surface area contributed by atoms with Crippen molar-refractivity contribution in [3.8, 4) is 5.75 Å². The molecule has 0 atom stereocenters. The second kappa shape index (κ2) is 10.5. The highest BCUT2D eigenvalue weighted by atomic mass is 79.9. The Bertz CT molecular complexity index is 1020. The molecule has 162 valence electrons. The first-order valence-electron chi connectivity index (χ1n) is 10.1. The van der Waals surface area contributed by atoms with Crippen LogP contribution in [0, 0.1) is 0 Å². The van der Waals surface area contributed by atoms with E-state index >= 15 is 0 Å². The first-order valence-corrected chi connectivity index (χ1v) is 12.8. The van der Waals surface area contributed by atoms with Crippen LogP contribution >= 0.6 is 39.0 Å². The van der Waals surface area contributed by atoms with E-state index in [9.17, 15) is 4.79 Å². The molecule has 31 heavy (non-hydrogen) atoms. The first kappa shape index (κ1) is 22.2. The zero-order valence-electron chi connectivity index (χ0n) is 17.3. The van der Waals surface area contributed by atoms with E-state index in [1.165, 1.54) is 5.56 Å². The van der Waals surface area contributed by atoms with Gasteiger partial charge in [-0.25, -0.2) is 4.98 Å². The molecule has 0 radical (unpaired) electrons. The van der Waals surface area contributed by atoms with Crippen LogP contribution in [0.4, 0.5) is 5.69 Å². The van der Waals surface area contributed by atoms with E-state index in [0.717, 1.165) is 44.8 Å². The monoisotopic (exact) mass is 517 g/mol. The summed E-state index contributed by atoms with van der Waals surface area (Å²) in [5.41, 5.74) is 3.21. The summed E-state index contributed by atoms with van der Waals surface area (Å²) in [6, 6.07) is 16.4. The Kier molecular flexibility index (Phi) is 7.53. The topological polar surface area (TPSA) is 45.7 Å².